The van der Waals surface area contributed by atoms with Gasteiger partial charge < -0.3 is 19.7 Å². The molecule has 0 spiro atoms. The quantitative estimate of drug-likeness (QED) is 0.730. The summed E-state index contributed by atoms with van der Waals surface area (Å²) in [6.45, 7) is 1.60. The van der Waals surface area contributed by atoms with Crippen molar-refractivity contribution in [3.63, 3.8) is 0 Å². The summed E-state index contributed by atoms with van der Waals surface area (Å²) in [7, 11) is 0. The molecule has 5 rings (SSSR count). The first-order valence-electron chi connectivity index (χ1n) is 9.67. The van der Waals surface area contributed by atoms with E-state index in [1.165, 1.54) is 12.1 Å². The summed E-state index contributed by atoms with van der Waals surface area (Å²) in [5, 5.41) is 3.75. The number of pyridine rings is 1. The molecule has 29 heavy (non-hydrogen) atoms. The Bertz CT molecular complexity index is 1090. The summed E-state index contributed by atoms with van der Waals surface area (Å²) in [6.07, 6.45) is 3.43. The molecular formula is C22H20FN3O3. The highest BCUT2D eigenvalue weighted by Crippen LogP contribution is 2.35. The number of fused-ring (bicyclic) bond motifs is 2. The van der Waals surface area contributed by atoms with Crippen LogP contribution in [0.25, 0.3) is 10.9 Å². The minimum Gasteiger partial charge on any atom is -0.454 e. The van der Waals surface area contributed by atoms with Crippen molar-refractivity contribution in [3.05, 3.63) is 54.5 Å². The highest BCUT2D eigenvalue weighted by molar-refractivity contribution is 5.95. The maximum Gasteiger partial charge on any atom is 0.231 e. The van der Waals surface area contributed by atoms with Crippen molar-refractivity contribution < 1.29 is 18.7 Å². The van der Waals surface area contributed by atoms with Crippen LogP contribution in [0.2, 0.25) is 0 Å². The number of hydrogen-bond acceptors (Lipinski definition) is 5. The summed E-state index contributed by atoms with van der Waals surface area (Å²) < 4.78 is 24.5. The summed E-state index contributed by atoms with van der Waals surface area (Å²) in [5.74, 6) is 0.840. The van der Waals surface area contributed by atoms with Gasteiger partial charge in [0.05, 0.1) is 11.4 Å². The molecule has 2 aromatic carbocycles. The molecule has 3 heterocycles. The second-order valence-electron chi connectivity index (χ2n) is 7.33. The fraction of sp³-hybridized carbons (Fsp3) is 0.273. The van der Waals surface area contributed by atoms with Gasteiger partial charge >= 0.3 is 0 Å². The topological polar surface area (TPSA) is 63.7 Å². The summed E-state index contributed by atoms with van der Waals surface area (Å²) >= 11 is 0. The van der Waals surface area contributed by atoms with E-state index in [4.69, 9.17) is 9.47 Å². The van der Waals surface area contributed by atoms with Gasteiger partial charge in [-0.2, -0.15) is 0 Å². The molecule has 1 unspecified atom stereocenters. The van der Waals surface area contributed by atoms with Gasteiger partial charge in [-0.25, -0.2) is 4.39 Å². The zero-order chi connectivity index (χ0) is 19.8. The van der Waals surface area contributed by atoms with E-state index < -0.39 is 0 Å². The number of aromatic nitrogens is 1. The Morgan fingerprint density at radius 2 is 2.03 bits per heavy atom. The van der Waals surface area contributed by atoms with Crippen LogP contribution in [0.4, 0.5) is 15.8 Å². The fourth-order valence-electron chi connectivity index (χ4n) is 4.01. The molecule has 0 bridgehead atoms. The minimum absolute atomic E-state index is 0.0295. The Morgan fingerprint density at radius 1 is 1.14 bits per heavy atom. The number of halogens is 1. The summed E-state index contributed by atoms with van der Waals surface area (Å²) in [5.41, 5.74) is 2.35. The average molecular weight is 393 g/mol. The number of nitrogens with zero attached hydrogens (tertiary/aromatic N) is 2. The van der Waals surface area contributed by atoms with E-state index in [-0.39, 0.29) is 24.4 Å². The molecule has 0 saturated carbocycles. The van der Waals surface area contributed by atoms with Crippen molar-refractivity contribution >= 4 is 28.2 Å². The number of piperidine rings is 1. The Labute approximate surface area is 167 Å². The lowest BCUT2D eigenvalue weighted by Crippen LogP contribution is -2.40. The van der Waals surface area contributed by atoms with Crippen LogP contribution in [0.5, 0.6) is 11.5 Å². The molecule has 0 aliphatic carbocycles. The number of nitrogens with one attached hydrogen (secondary N) is 1. The molecule has 1 N–H and O–H groups in total. The first kappa shape index (κ1) is 17.7. The molecule has 0 radical (unpaired) electrons. The average Bonchev–Trinajstić information content (AvgIpc) is 3.21. The molecule has 148 valence electrons. The third kappa shape index (κ3) is 3.44. The molecule has 2 aliphatic rings. The van der Waals surface area contributed by atoms with Crippen LogP contribution in [0.3, 0.4) is 0 Å². The molecule has 1 atom stereocenters. The Kier molecular flexibility index (Phi) is 4.42. The molecule has 1 aromatic heterocycles. The number of amides is 1. The lowest BCUT2D eigenvalue weighted by Gasteiger charge is -2.34. The number of ether oxygens (including phenoxy) is 2. The van der Waals surface area contributed by atoms with E-state index in [2.05, 4.69) is 15.2 Å². The SMILES string of the molecule is O=C(Nc1ccc2c(c1)OCO2)C1CCCN(c2ccnc3ccc(F)cc23)C1. The first-order chi connectivity index (χ1) is 14.2. The predicted molar refractivity (Wildman–Crippen MR) is 108 cm³/mol. The first-order valence-corrected chi connectivity index (χ1v) is 9.67. The molecular weight excluding hydrogens is 373 g/mol. The zero-order valence-electron chi connectivity index (χ0n) is 15.7. The van der Waals surface area contributed by atoms with Crippen molar-refractivity contribution in [2.24, 2.45) is 5.92 Å². The van der Waals surface area contributed by atoms with E-state index >= 15 is 0 Å². The van der Waals surface area contributed by atoms with Crippen LogP contribution in [0.1, 0.15) is 12.8 Å². The second kappa shape index (κ2) is 7.24. The molecule has 6 nitrogen and oxygen atoms in total. The lowest BCUT2D eigenvalue weighted by molar-refractivity contribution is -0.120. The zero-order valence-corrected chi connectivity index (χ0v) is 15.7. The predicted octanol–water partition coefficient (Wildman–Crippen LogP) is 3.96. The van der Waals surface area contributed by atoms with E-state index in [0.29, 0.717) is 23.7 Å². The van der Waals surface area contributed by atoms with Gasteiger partial charge in [0, 0.05) is 42.1 Å². The maximum atomic E-state index is 13.8. The Morgan fingerprint density at radius 3 is 2.97 bits per heavy atom. The third-order valence-electron chi connectivity index (χ3n) is 5.45. The van der Waals surface area contributed by atoms with E-state index in [1.807, 2.05) is 12.1 Å². The smallest absolute Gasteiger partial charge is 0.231 e. The van der Waals surface area contributed by atoms with Gasteiger partial charge in [0.15, 0.2) is 11.5 Å². The van der Waals surface area contributed by atoms with Crippen molar-refractivity contribution in [2.75, 3.05) is 30.1 Å². The third-order valence-corrected chi connectivity index (χ3v) is 5.45. The largest absolute Gasteiger partial charge is 0.454 e. The molecule has 1 fully saturated rings. The van der Waals surface area contributed by atoms with Crippen LogP contribution in [0, 0.1) is 11.7 Å². The minimum atomic E-state index is -0.291. The van der Waals surface area contributed by atoms with Crippen molar-refractivity contribution in [1.29, 1.82) is 0 Å². The number of benzene rings is 2. The standard InChI is InChI=1S/C22H20FN3O3/c23-15-3-5-18-17(10-15)19(7-8-24-18)26-9-1-2-14(12-26)22(27)25-16-4-6-20-21(11-16)29-13-28-20/h3-8,10-11,14H,1-2,9,12-13H2,(H,25,27). The highest BCUT2D eigenvalue weighted by atomic mass is 19.1. The molecule has 1 amide bonds. The van der Waals surface area contributed by atoms with Crippen LogP contribution in [-0.2, 0) is 4.79 Å². The number of carbonyl (C=O) groups excluding carboxylic acids is 1. The number of anilines is 2. The Hall–Kier alpha value is -3.35. The van der Waals surface area contributed by atoms with Gasteiger partial charge in [-0.1, -0.05) is 0 Å². The summed E-state index contributed by atoms with van der Waals surface area (Å²) in [6, 6.07) is 11.9. The molecule has 1 saturated heterocycles. The van der Waals surface area contributed by atoms with Crippen LogP contribution < -0.4 is 19.7 Å². The normalized spacial score (nSPS) is 18.1. The van der Waals surface area contributed by atoms with E-state index in [0.717, 1.165) is 36.0 Å². The molecule has 2 aliphatic heterocycles. The number of carbonyl (C=O) groups is 1. The van der Waals surface area contributed by atoms with Gasteiger partial charge in [-0.05, 0) is 49.2 Å². The van der Waals surface area contributed by atoms with Gasteiger partial charge in [-0.3, -0.25) is 9.78 Å². The van der Waals surface area contributed by atoms with Gasteiger partial charge in [0.25, 0.3) is 0 Å². The second-order valence-corrected chi connectivity index (χ2v) is 7.33. The highest BCUT2D eigenvalue weighted by Gasteiger charge is 2.27. The van der Waals surface area contributed by atoms with E-state index in [1.54, 1.807) is 24.4 Å². The number of hydrogen-bond donors (Lipinski definition) is 1. The lowest BCUT2D eigenvalue weighted by atomic mass is 9.96. The van der Waals surface area contributed by atoms with Gasteiger partial charge in [-0.15, -0.1) is 0 Å². The van der Waals surface area contributed by atoms with E-state index in [9.17, 15) is 9.18 Å². The fourth-order valence-corrected chi connectivity index (χ4v) is 4.01. The van der Waals surface area contributed by atoms with Crippen LogP contribution in [0.15, 0.2) is 48.7 Å². The monoisotopic (exact) mass is 393 g/mol. The van der Waals surface area contributed by atoms with Crippen molar-refractivity contribution in [2.45, 2.75) is 12.8 Å². The Balaban J connectivity index is 1.34. The van der Waals surface area contributed by atoms with Crippen molar-refractivity contribution in [3.8, 4) is 11.5 Å². The van der Waals surface area contributed by atoms with Crippen molar-refractivity contribution in [1.82, 2.24) is 4.98 Å². The van der Waals surface area contributed by atoms with Crippen LogP contribution >= 0.6 is 0 Å². The van der Waals surface area contributed by atoms with Crippen LogP contribution in [-0.4, -0.2) is 30.8 Å². The molecule has 7 heteroatoms. The van der Waals surface area contributed by atoms with Gasteiger partial charge in [0.2, 0.25) is 12.7 Å². The maximum absolute atomic E-state index is 13.8. The number of rotatable bonds is 3. The van der Waals surface area contributed by atoms with Gasteiger partial charge in [0.1, 0.15) is 5.82 Å². The summed E-state index contributed by atoms with van der Waals surface area (Å²) in [4.78, 5) is 19.4. The molecule has 3 aromatic rings.